The molecular formula is C21H23BrN2O2. The highest BCUT2D eigenvalue weighted by Crippen LogP contribution is 2.21. The second-order valence-corrected chi connectivity index (χ2v) is 7.12. The molecule has 2 aromatic rings. The van der Waals surface area contributed by atoms with Gasteiger partial charge in [0.25, 0.3) is 0 Å². The van der Waals surface area contributed by atoms with Gasteiger partial charge in [0.05, 0.1) is 19.3 Å². The van der Waals surface area contributed by atoms with E-state index in [4.69, 9.17) is 4.74 Å². The van der Waals surface area contributed by atoms with E-state index in [-0.39, 0.29) is 11.9 Å². The Balaban J connectivity index is 1.61. The third-order valence-corrected chi connectivity index (χ3v) is 4.97. The molecule has 0 unspecified atom stereocenters. The number of morpholine rings is 1. The summed E-state index contributed by atoms with van der Waals surface area (Å²) in [5, 5.41) is 3.04. The number of nitrogens with zero attached hydrogens (tertiary/aromatic N) is 1. The van der Waals surface area contributed by atoms with E-state index in [0.717, 1.165) is 36.3 Å². The Morgan fingerprint density at radius 2 is 1.81 bits per heavy atom. The van der Waals surface area contributed by atoms with E-state index in [0.29, 0.717) is 6.54 Å². The van der Waals surface area contributed by atoms with Crippen molar-refractivity contribution in [2.45, 2.75) is 6.04 Å². The molecule has 3 rings (SSSR count). The summed E-state index contributed by atoms with van der Waals surface area (Å²) in [5.74, 6) is -0.0814. The Morgan fingerprint density at radius 3 is 2.50 bits per heavy atom. The van der Waals surface area contributed by atoms with Gasteiger partial charge in [0, 0.05) is 30.2 Å². The molecule has 5 heteroatoms. The lowest BCUT2D eigenvalue weighted by Crippen LogP contribution is -2.43. The van der Waals surface area contributed by atoms with Gasteiger partial charge in [0.15, 0.2) is 0 Å². The minimum absolute atomic E-state index is 0.0814. The molecule has 1 atom stereocenters. The van der Waals surface area contributed by atoms with Crippen LogP contribution in [0.4, 0.5) is 0 Å². The van der Waals surface area contributed by atoms with Crippen molar-refractivity contribution < 1.29 is 9.53 Å². The monoisotopic (exact) mass is 414 g/mol. The molecule has 26 heavy (non-hydrogen) atoms. The average molecular weight is 415 g/mol. The molecule has 1 heterocycles. The normalized spacial score (nSPS) is 16.5. The summed E-state index contributed by atoms with van der Waals surface area (Å²) >= 11 is 3.41. The molecule has 1 aliphatic heterocycles. The van der Waals surface area contributed by atoms with Crippen molar-refractivity contribution >= 4 is 27.9 Å². The van der Waals surface area contributed by atoms with Crippen LogP contribution >= 0.6 is 15.9 Å². The van der Waals surface area contributed by atoms with Gasteiger partial charge in [-0.3, -0.25) is 9.69 Å². The molecular weight excluding hydrogens is 392 g/mol. The Morgan fingerprint density at radius 1 is 1.12 bits per heavy atom. The second kappa shape index (κ2) is 9.67. The van der Waals surface area contributed by atoms with E-state index in [9.17, 15) is 4.79 Å². The summed E-state index contributed by atoms with van der Waals surface area (Å²) in [7, 11) is 0. The Bertz CT molecular complexity index is 725. The molecule has 1 aliphatic rings. The number of hydrogen-bond acceptors (Lipinski definition) is 3. The lowest BCUT2D eigenvalue weighted by atomic mass is 10.0. The van der Waals surface area contributed by atoms with Crippen LogP contribution in [0.15, 0.2) is 65.1 Å². The quantitative estimate of drug-likeness (QED) is 0.733. The molecule has 1 N–H and O–H groups in total. The molecule has 1 fully saturated rings. The predicted octanol–water partition coefficient (Wildman–Crippen LogP) is 3.65. The standard InChI is InChI=1S/C21H23BrN2O2/c22-19-9-6-17(7-10-19)8-11-21(25)23-16-20(18-4-2-1-3-5-18)24-12-14-26-15-13-24/h1-11,20H,12-16H2,(H,23,25)/b11-8+/t20-/m1/s1. The molecule has 2 aromatic carbocycles. The summed E-state index contributed by atoms with van der Waals surface area (Å²) in [6, 6.07) is 18.3. The zero-order valence-corrected chi connectivity index (χ0v) is 16.2. The highest BCUT2D eigenvalue weighted by atomic mass is 79.9. The molecule has 4 nitrogen and oxygen atoms in total. The molecule has 0 aromatic heterocycles. The van der Waals surface area contributed by atoms with Gasteiger partial charge in [-0.1, -0.05) is 58.4 Å². The van der Waals surface area contributed by atoms with Crippen LogP contribution in [-0.4, -0.2) is 43.7 Å². The van der Waals surface area contributed by atoms with Crippen molar-refractivity contribution in [3.05, 3.63) is 76.3 Å². The fourth-order valence-corrected chi connectivity index (χ4v) is 3.29. The Hall–Kier alpha value is -1.95. The number of carbonyl (C=O) groups is 1. The van der Waals surface area contributed by atoms with Crippen molar-refractivity contribution in [3.63, 3.8) is 0 Å². The zero-order chi connectivity index (χ0) is 18.2. The van der Waals surface area contributed by atoms with E-state index in [1.165, 1.54) is 5.56 Å². The van der Waals surface area contributed by atoms with Crippen molar-refractivity contribution in [1.82, 2.24) is 10.2 Å². The van der Waals surface area contributed by atoms with Crippen LogP contribution in [0.5, 0.6) is 0 Å². The summed E-state index contributed by atoms with van der Waals surface area (Å²) in [6.07, 6.45) is 3.42. The highest BCUT2D eigenvalue weighted by Gasteiger charge is 2.22. The fourth-order valence-electron chi connectivity index (χ4n) is 3.02. The molecule has 0 bridgehead atoms. The number of halogens is 1. The number of rotatable bonds is 6. The van der Waals surface area contributed by atoms with E-state index in [1.54, 1.807) is 6.08 Å². The summed E-state index contributed by atoms with van der Waals surface area (Å²) in [4.78, 5) is 14.6. The van der Waals surface area contributed by atoms with Crippen molar-refractivity contribution in [2.75, 3.05) is 32.8 Å². The molecule has 1 amide bonds. The molecule has 0 saturated carbocycles. The van der Waals surface area contributed by atoms with Crippen LogP contribution < -0.4 is 5.32 Å². The smallest absolute Gasteiger partial charge is 0.244 e. The third kappa shape index (κ3) is 5.53. The lowest BCUT2D eigenvalue weighted by molar-refractivity contribution is -0.116. The van der Waals surface area contributed by atoms with Crippen LogP contribution in [0.1, 0.15) is 17.2 Å². The van der Waals surface area contributed by atoms with E-state index in [2.05, 4.69) is 38.3 Å². The van der Waals surface area contributed by atoms with Gasteiger partial charge in [-0.2, -0.15) is 0 Å². The summed E-state index contributed by atoms with van der Waals surface area (Å²) < 4.78 is 6.49. The number of carbonyl (C=O) groups excluding carboxylic acids is 1. The summed E-state index contributed by atoms with van der Waals surface area (Å²) in [5.41, 5.74) is 2.21. The highest BCUT2D eigenvalue weighted by molar-refractivity contribution is 9.10. The maximum Gasteiger partial charge on any atom is 0.244 e. The Kier molecular flexibility index (Phi) is 7.00. The molecule has 136 valence electrons. The van der Waals surface area contributed by atoms with Gasteiger partial charge in [0.2, 0.25) is 5.91 Å². The van der Waals surface area contributed by atoms with Crippen molar-refractivity contribution in [3.8, 4) is 0 Å². The number of amides is 1. The van der Waals surface area contributed by atoms with Crippen molar-refractivity contribution in [1.29, 1.82) is 0 Å². The van der Waals surface area contributed by atoms with Gasteiger partial charge in [-0.25, -0.2) is 0 Å². The number of nitrogens with one attached hydrogen (secondary N) is 1. The second-order valence-electron chi connectivity index (χ2n) is 6.20. The first-order valence-corrected chi connectivity index (χ1v) is 9.60. The number of benzene rings is 2. The minimum Gasteiger partial charge on any atom is -0.379 e. The van der Waals surface area contributed by atoms with Crippen LogP contribution in [0, 0.1) is 0 Å². The first-order chi connectivity index (χ1) is 12.7. The van der Waals surface area contributed by atoms with Gasteiger partial charge >= 0.3 is 0 Å². The predicted molar refractivity (Wildman–Crippen MR) is 108 cm³/mol. The van der Waals surface area contributed by atoms with Crippen LogP contribution in [0.2, 0.25) is 0 Å². The molecule has 0 radical (unpaired) electrons. The van der Waals surface area contributed by atoms with Crippen molar-refractivity contribution in [2.24, 2.45) is 0 Å². The first kappa shape index (κ1) is 18.8. The number of hydrogen-bond donors (Lipinski definition) is 1. The minimum atomic E-state index is -0.0814. The lowest BCUT2D eigenvalue weighted by Gasteiger charge is -2.34. The summed E-state index contributed by atoms with van der Waals surface area (Å²) in [6.45, 7) is 3.81. The van der Waals surface area contributed by atoms with E-state index < -0.39 is 0 Å². The zero-order valence-electron chi connectivity index (χ0n) is 14.6. The largest absolute Gasteiger partial charge is 0.379 e. The van der Waals surface area contributed by atoms with E-state index in [1.807, 2.05) is 48.5 Å². The van der Waals surface area contributed by atoms with Gasteiger partial charge in [0.1, 0.15) is 0 Å². The number of ether oxygens (including phenoxy) is 1. The topological polar surface area (TPSA) is 41.6 Å². The Labute approximate surface area is 163 Å². The average Bonchev–Trinajstić information content (AvgIpc) is 2.69. The molecule has 0 aliphatic carbocycles. The van der Waals surface area contributed by atoms with E-state index >= 15 is 0 Å². The SMILES string of the molecule is O=C(/C=C/c1ccc(Br)cc1)NC[C@H](c1ccccc1)N1CCOCC1. The van der Waals surface area contributed by atoms with Crippen LogP contribution in [-0.2, 0) is 9.53 Å². The maximum atomic E-state index is 12.3. The maximum absolute atomic E-state index is 12.3. The van der Waals surface area contributed by atoms with Gasteiger partial charge in [-0.15, -0.1) is 0 Å². The fraction of sp³-hybridized carbons (Fsp3) is 0.286. The van der Waals surface area contributed by atoms with Crippen LogP contribution in [0.25, 0.3) is 6.08 Å². The third-order valence-electron chi connectivity index (χ3n) is 4.44. The molecule has 0 spiro atoms. The molecule has 1 saturated heterocycles. The first-order valence-electron chi connectivity index (χ1n) is 8.80. The van der Waals surface area contributed by atoms with Crippen LogP contribution in [0.3, 0.4) is 0 Å². The van der Waals surface area contributed by atoms with Gasteiger partial charge in [-0.05, 0) is 29.3 Å². The van der Waals surface area contributed by atoms with Gasteiger partial charge < -0.3 is 10.1 Å².